The summed E-state index contributed by atoms with van der Waals surface area (Å²) in [6, 6.07) is 10.3. The van der Waals surface area contributed by atoms with Crippen LogP contribution >= 0.6 is 0 Å². The maximum Gasteiger partial charge on any atom is 0.106 e. The van der Waals surface area contributed by atoms with Crippen LogP contribution in [0.2, 0.25) is 0 Å². The SMILES string of the molecule is C/C(=C/Cc1ccnc2ccccc12)N=C(N)C1C=CC=CCC1. The van der Waals surface area contributed by atoms with E-state index in [0.717, 1.165) is 30.5 Å². The molecule has 3 heteroatoms. The van der Waals surface area contributed by atoms with Crippen molar-refractivity contribution in [3.63, 3.8) is 0 Å². The third-order valence-corrected chi connectivity index (χ3v) is 4.28. The summed E-state index contributed by atoms with van der Waals surface area (Å²) in [5, 5.41) is 1.19. The number of benzene rings is 1. The Balaban J connectivity index is 1.74. The summed E-state index contributed by atoms with van der Waals surface area (Å²) in [4.78, 5) is 9.00. The molecule has 0 saturated heterocycles. The van der Waals surface area contributed by atoms with Crippen molar-refractivity contribution < 1.29 is 0 Å². The van der Waals surface area contributed by atoms with Gasteiger partial charge in [-0.05, 0) is 43.9 Å². The van der Waals surface area contributed by atoms with Crippen LogP contribution < -0.4 is 5.73 Å². The molecule has 24 heavy (non-hydrogen) atoms. The number of hydrogen-bond donors (Lipinski definition) is 1. The Morgan fingerprint density at radius 1 is 1.29 bits per heavy atom. The molecule has 1 aliphatic rings. The number of nitrogens with zero attached hydrogens (tertiary/aromatic N) is 2. The van der Waals surface area contributed by atoms with Crippen molar-refractivity contribution in [1.82, 2.24) is 4.98 Å². The van der Waals surface area contributed by atoms with Crippen LogP contribution in [0.3, 0.4) is 0 Å². The first kappa shape index (κ1) is 16.2. The zero-order valence-corrected chi connectivity index (χ0v) is 14.0. The fourth-order valence-corrected chi connectivity index (χ4v) is 2.91. The molecule has 1 aliphatic carbocycles. The van der Waals surface area contributed by atoms with Gasteiger partial charge in [0.25, 0.3) is 0 Å². The topological polar surface area (TPSA) is 51.3 Å². The molecule has 1 aromatic carbocycles. The lowest BCUT2D eigenvalue weighted by Gasteiger charge is -2.10. The van der Waals surface area contributed by atoms with E-state index in [1.54, 1.807) is 0 Å². The molecule has 1 atom stereocenters. The van der Waals surface area contributed by atoms with Crippen molar-refractivity contribution in [3.05, 3.63) is 78.2 Å². The first-order valence-electron chi connectivity index (χ1n) is 8.41. The number of para-hydroxylation sites is 1. The smallest absolute Gasteiger partial charge is 0.106 e. The molecule has 0 spiro atoms. The molecule has 1 aromatic heterocycles. The molecule has 0 fully saturated rings. The number of pyridine rings is 1. The van der Waals surface area contributed by atoms with Gasteiger partial charge in [0, 0.05) is 23.2 Å². The second-order valence-electron chi connectivity index (χ2n) is 6.07. The molecule has 0 radical (unpaired) electrons. The van der Waals surface area contributed by atoms with Crippen molar-refractivity contribution in [2.45, 2.75) is 26.2 Å². The molecule has 3 rings (SSSR count). The zero-order chi connectivity index (χ0) is 16.8. The molecule has 1 unspecified atom stereocenters. The van der Waals surface area contributed by atoms with Gasteiger partial charge in [-0.15, -0.1) is 0 Å². The number of hydrogen-bond acceptors (Lipinski definition) is 2. The predicted molar refractivity (Wildman–Crippen MR) is 102 cm³/mol. The first-order valence-corrected chi connectivity index (χ1v) is 8.41. The maximum atomic E-state index is 6.20. The standard InChI is InChI=1S/C21H23N3/c1-16(24-21(22)18-8-4-2-3-5-9-18)12-13-17-14-15-23-20-11-7-6-10-19(17)20/h2-4,6-8,10-12,14-15,18H,5,9,13H2,1H3,(H2,22,24)/b16-12-. The van der Waals surface area contributed by atoms with E-state index >= 15 is 0 Å². The van der Waals surface area contributed by atoms with Crippen LogP contribution in [0, 0.1) is 5.92 Å². The number of allylic oxidation sites excluding steroid dienone is 5. The normalized spacial score (nSPS) is 18.8. The lowest BCUT2D eigenvalue weighted by molar-refractivity contribution is 0.754. The van der Waals surface area contributed by atoms with Crippen LogP contribution in [0.15, 0.2) is 77.6 Å². The van der Waals surface area contributed by atoms with E-state index in [1.165, 1.54) is 10.9 Å². The fraction of sp³-hybridized carbons (Fsp3) is 0.238. The van der Waals surface area contributed by atoms with E-state index in [-0.39, 0.29) is 5.92 Å². The minimum absolute atomic E-state index is 0.227. The van der Waals surface area contributed by atoms with Crippen molar-refractivity contribution in [2.75, 3.05) is 0 Å². The van der Waals surface area contributed by atoms with Crippen LogP contribution in [0.1, 0.15) is 25.3 Å². The van der Waals surface area contributed by atoms with Crippen LogP contribution in [0.25, 0.3) is 10.9 Å². The molecule has 0 saturated carbocycles. The van der Waals surface area contributed by atoms with Gasteiger partial charge in [-0.25, -0.2) is 4.99 Å². The summed E-state index contributed by atoms with van der Waals surface area (Å²) in [5.41, 5.74) is 9.44. The van der Waals surface area contributed by atoms with Gasteiger partial charge in [0.2, 0.25) is 0 Å². The second kappa shape index (κ2) is 7.73. The Morgan fingerprint density at radius 3 is 3.08 bits per heavy atom. The van der Waals surface area contributed by atoms with E-state index in [1.807, 2.05) is 31.3 Å². The molecular weight excluding hydrogens is 294 g/mol. The molecule has 1 heterocycles. The average Bonchev–Trinajstić information content (AvgIpc) is 2.89. The van der Waals surface area contributed by atoms with Gasteiger partial charge in [-0.1, -0.05) is 48.6 Å². The molecule has 0 aliphatic heterocycles. The molecule has 2 N–H and O–H groups in total. The highest BCUT2D eigenvalue weighted by Crippen LogP contribution is 2.18. The number of rotatable bonds is 4. The third-order valence-electron chi connectivity index (χ3n) is 4.28. The number of aliphatic imine (C=N–C) groups is 1. The zero-order valence-electron chi connectivity index (χ0n) is 14.0. The summed E-state index contributed by atoms with van der Waals surface area (Å²) in [6.07, 6.45) is 15.3. The van der Waals surface area contributed by atoms with Crippen molar-refractivity contribution in [1.29, 1.82) is 0 Å². The monoisotopic (exact) mass is 317 g/mol. The van der Waals surface area contributed by atoms with E-state index in [9.17, 15) is 0 Å². The summed E-state index contributed by atoms with van der Waals surface area (Å²) < 4.78 is 0. The highest BCUT2D eigenvalue weighted by molar-refractivity contribution is 5.85. The summed E-state index contributed by atoms with van der Waals surface area (Å²) in [7, 11) is 0. The first-order chi connectivity index (χ1) is 11.7. The summed E-state index contributed by atoms with van der Waals surface area (Å²) in [5.74, 6) is 0.924. The number of fused-ring (bicyclic) bond motifs is 1. The molecule has 0 bridgehead atoms. The summed E-state index contributed by atoms with van der Waals surface area (Å²) >= 11 is 0. The molecule has 3 nitrogen and oxygen atoms in total. The Bertz CT molecular complexity index is 823. The third kappa shape index (κ3) is 3.99. The Labute approximate surface area is 143 Å². The van der Waals surface area contributed by atoms with E-state index in [2.05, 4.69) is 52.5 Å². The van der Waals surface area contributed by atoms with Crippen molar-refractivity contribution in [2.24, 2.45) is 16.6 Å². The largest absolute Gasteiger partial charge is 0.387 e. The number of aromatic nitrogens is 1. The van der Waals surface area contributed by atoms with Gasteiger partial charge in [0.1, 0.15) is 5.84 Å². The van der Waals surface area contributed by atoms with Gasteiger partial charge >= 0.3 is 0 Å². The van der Waals surface area contributed by atoms with E-state index < -0.39 is 0 Å². The minimum atomic E-state index is 0.227. The predicted octanol–water partition coefficient (Wildman–Crippen LogP) is 4.56. The van der Waals surface area contributed by atoms with Gasteiger partial charge in [0.15, 0.2) is 0 Å². The molecule has 0 amide bonds. The number of amidine groups is 1. The average molecular weight is 317 g/mol. The molecular formula is C21H23N3. The van der Waals surface area contributed by atoms with Crippen LogP contribution in [0.5, 0.6) is 0 Å². The van der Waals surface area contributed by atoms with Crippen LogP contribution in [-0.4, -0.2) is 10.8 Å². The lowest BCUT2D eigenvalue weighted by atomic mass is 10.0. The van der Waals surface area contributed by atoms with Crippen molar-refractivity contribution >= 4 is 16.7 Å². The van der Waals surface area contributed by atoms with Gasteiger partial charge in [-0.3, -0.25) is 4.98 Å². The van der Waals surface area contributed by atoms with E-state index in [0.29, 0.717) is 5.84 Å². The highest BCUT2D eigenvalue weighted by atomic mass is 14.9. The van der Waals surface area contributed by atoms with Crippen LogP contribution in [0.4, 0.5) is 0 Å². The maximum absolute atomic E-state index is 6.20. The fourth-order valence-electron chi connectivity index (χ4n) is 2.91. The van der Waals surface area contributed by atoms with Crippen LogP contribution in [-0.2, 0) is 6.42 Å². The highest BCUT2D eigenvalue weighted by Gasteiger charge is 2.10. The van der Waals surface area contributed by atoms with E-state index in [4.69, 9.17) is 5.73 Å². The quantitative estimate of drug-likeness (QED) is 0.664. The Morgan fingerprint density at radius 2 is 2.17 bits per heavy atom. The van der Waals surface area contributed by atoms with Crippen molar-refractivity contribution in [3.8, 4) is 0 Å². The minimum Gasteiger partial charge on any atom is -0.387 e. The Kier molecular flexibility index (Phi) is 5.22. The van der Waals surface area contributed by atoms with Gasteiger partial charge < -0.3 is 5.73 Å². The molecule has 2 aromatic rings. The number of nitrogens with two attached hydrogens (primary N) is 1. The molecule has 122 valence electrons. The lowest BCUT2D eigenvalue weighted by Crippen LogP contribution is -2.22. The second-order valence-corrected chi connectivity index (χ2v) is 6.07. The summed E-state index contributed by atoms with van der Waals surface area (Å²) in [6.45, 7) is 2.01. The van der Waals surface area contributed by atoms with Gasteiger partial charge in [0.05, 0.1) is 5.52 Å². The van der Waals surface area contributed by atoms with Gasteiger partial charge in [-0.2, -0.15) is 0 Å². The Hall–Kier alpha value is -2.68.